The highest BCUT2D eigenvalue weighted by Gasteiger charge is 2.30. The molecule has 0 aliphatic heterocycles. The Kier molecular flexibility index (Phi) is 5.62. The second-order valence-corrected chi connectivity index (χ2v) is 6.18. The molecule has 0 amide bonds. The SMILES string of the molecule is CC(C)Oc1ccc(Nc2nncc(Nc3cccc(C(F)(F)F)c3)n2)cc1. The number of aromatic nitrogens is 3. The third kappa shape index (κ3) is 5.32. The van der Waals surface area contributed by atoms with Gasteiger partial charge >= 0.3 is 6.18 Å². The van der Waals surface area contributed by atoms with Crippen LogP contribution >= 0.6 is 0 Å². The average Bonchev–Trinajstić information content (AvgIpc) is 2.63. The molecule has 2 aromatic carbocycles. The van der Waals surface area contributed by atoms with Gasteiger partial charge in [-0.1, -0.05) is 6.07 Å². The molecule has 0 bridgehead atoms. The molecule has 0 saturated carbocycles. The quantitative estimate of drug-likeness (QED) is 0.606. The van der Waals surface area contributed by atoms with Gasteiger partial charge in [-0.25, -0.2) is 0 Å². The van der Waals surface area contributed by atoms with Gasteiger partial charge in [-0.05, 0) is 56.3 Å². The Morgan fingerprint density at radius 3 is 2.39 bits per heavy atom. The Bertz CT molecular complexity index is 929. The second-order valence-electron chi connectivity index (χ2n) is 6.18. The number of nitrogens with zero attached hydrogens (tertiary/aromatic N) is 3. The standard InChI is InChI=1S/C19H18F3N5O/c1-12(2)28-16-8-6-14(7-9-16)25-18-26-17(11-23-27-18)24-15-5-3-4-13(10-15)19(20,21)22/h3-12H,1-2H3,(H2,24,25,26,27). The van der Waals surface area contributed by atoms with Crippen molar-refractivity contribution in [2.45, 2.75) is 26.1 Å². The van der Waals surface area contributed by atoms with Crippen LogP contribution in [-0.2, 0) is 6.18 Å². The number of nitrogens with one attached hydrogen (secondary N) is 2. The third-order valence-corrected chi connectivity index (χ3v) is 3.50. The summed E-state index contributed by atoms with van der Waals surface area (Å²) in [5.74, 6) is 1.20. The van der Waals surface area contributed by atoms with Crippen molar-refractivity contribution >= 4 is 23.1 Å². The maximum Gasteiger partial charge on any atom is 0.416 e. The molecule has 0 aliphatic carbocycles. The predicted octanol–water partition coefficient (Wildman–Crippen LogP) is 5.16. The van der Waals surface area contributed by atoms with Gasteiger partial charge in [0.05, 0.1) is 17.9 Å². The number of benzene rings is 2. The smallest absolute Gasteiger partial charge is 0.416 e. The molecule has 3 rings (SSSR count). The van der Waals surface area contributed by atoms with Crippen LogP contribution in [0.5, 0.6) is 5.75 Å². The number of hydrogen-bond donors (Lipinski definition) is 2. The summed E-state index contributed by atoms with van der Waals surface area (Å²) in [5, 5.41) is 13.5. The Hall–Kier alpha value is -3.36. The van der Waals surface area contributed by atoms with Crippen LogP contribution in [0.4, 0.5) is 36.3 Å². The first kappa shape index (κ1) is 19.4. The van der Waals surface area contributed by atoms with Gasteiger partial charge < -0.3 is 15.4 Å². The maximum absolute atomic E-state index is 12.8. The fraction of sp³-hybridized carbons (Fsp3) is 0.211. The predicted molar refractivity (Wildman–Crippen MR) is 100 cm³/mol. The van der Waals surface area contributed by atoms with Crippen LogP contribution in [0.15, 0.2) is 54.7 Å². The summed E-state index contributed by atoms with van der Waals surface area (Å²) in [6.07, 6.45) is -3.02. The highest BCUT2D eigenvalue weighted by Crippen LogP contribution is 2.31. The van der Waals surface area contributed by atoms with E-state index in [-0.39, 0.29) is 23.6 Å². The molecule has 2 N–H and O–H groups in total. The minimum atomic E-state index is -4.42. The summed E-state index contributed by atoms with van der Waals surface area (Å²) in [7, 11) is 0. The first-order valence-corrected chi connectivity index (χ1v) is 8.47. The van der Waals surface area contributed by atoms with Crippen LogP contribution in [0.1, 0.15) is 19.4 Å². The molecule has 0 unspecified atom stereocenters. The summed E-state index contributed by atoms with van der Waals surface area (Å²) in [6.45, 7) is 3.88. The van der Waals surface area contributed by atoms with Crippen molar-refractivity contribution in [2.75, 3.05) is 10.6 Å². The minimum absolute atomic E-state index is 0.0740. The molecule has 0 spiro atoms. The average molecular weight is 389 g/mol. The Balaban J connectivity index is 1.71. The zero-order valence-electron chi connectivity index (χ0n) is 15.2. The van der Waals surface area contributed by atoms with Gasteiger partial charge in [-0.2, -0.15) is 23.3 Å². The van der Waals surface area contributed by atoms with E-state index in [1.807, 2.05) is 13.8 Å². The number of hydrogen-bond acceptors (Lipinski definition) is 6. The number of halogens is 3. The van der Waals surface area contributed by atoms with Crippen LogP contribution in [0.25, 0.3) is 0 Å². The zero-order valence-corrected chi connectivity index (χ0v) is 15.2. The molecule has 0 saturated heterocycles. The maximum atomic E-state index is 12.8. The fourth-order valence-corrected chi connectivity index (χ4v) is 2.36. The van der Waals surface area contributed by atoms with E-state index >= 15 is 0 Å². The molecule has 9 heteroatoms. The number of anilines is 4. The summed E-state index contributed by atoms with van der Waals surface area (Å²) in [6, 6.07) is 12.0. The van der Waals surface area contributed by atoms with Crippen molar-refractivity contribution in [1.29, 1.82) is 0 Å². The molecule has 3 aromatic rings. The van der Waals surface area contributed by atoms with E-state index in [9.17, 15) is 13.2 Å². The topological polar surface area (TPSA) is 72.0 Å². The van der Waals surface area contributed by atoms with E-state index in [0.717, 1.165) is 17.9 Å². The van der Waals surface area contributed by atoms with Crippen molar-refractivity contribution in [3.05, 3.63) is 60.3 Å². The third-order valence-electron chi connectivity index (χ3n) is 3.50. The van der Waals surface area contributed by atoms with Gasteiger partial charge in [0.2, 0.25) is 5.95 Å². The van der Waals surface area contributed by atoms with Crippen molar-refractivity contribution in [2.24, 2.45) is 0 Å². The lowest BCUT2D eigenvalue weighted by Gasteiger charge is -2.11. The minimum Gasteiger partial charge on any atom is -0.491 e. The van der Waals surface area contributed by atoms with E-state index in [2.05, 4.69) is 25.8 Å². The summed E-state index contributed by atoms with van der Waals surface area (Å²) < 4.78 is 44.1. The first-order valence-electron chi connectivity index (χ1n) is 8.47. The van der Waals surface area contributed by atoms with Crippen molar-refractivity contribution in [3.8, 4) is 5.75 Å². The molecule has 0 fully saturated rings. The molecule has 6 nitrogen and oxygen atoms in total. The Morgan fingerprint density at radius 2 is 1.71 bits per heavy atom. The van der Waals surface area contributed by atoms with Crippen LogP contribution in [0, 0.1) is 0 Å². The molecule has 0 radical (unpaired) electrons. The van der Waals surface area contributed by atoms with Crippen LogP contribution < -0.4 is 15.4 Å². The Labute approximate surface area is 159 Å². The molecule has 146 valence electrons. The summed E-state index contributed by atoms with van der Waals surface area (Å²) in [5.41, 5.74) is 0.215. The van der Waals surface area contributed by atoms with Crippen LogP contribution in [-0.4, -0.2) is 21.3 Å². The monoisotopic (exact) mass is 389 g/mol. The van der Waals surface area contributed by atoms with Crippen LogP contribution in [0.3, 0.4) is 0 Å². The molecular weight excluding hydrogens is 371 g/mol. The normalized spacial score (nSPS) is 11.4. The molecule has 28 heavy (non-hydrogen) atoms. The van der Waals surface area contributed by atoms with Gasteiger partial charge in [-0.3, -0.25) is 0 Å². The molecule has 1 aromatic heterocycles. The molecule has 0 aliphatic rings. The number of ether oxygens (including phenoxy) is 1. The van der Waals surface area contributed by atoms with E-state index in [4.69, 9.17) is 4.74 Å². The number of alkyl halides is 3. The second kappa shape index (κ2) is 8.12. The van der Waals surface area contributed by atoms with E-state index in [1.165, 1.54) is 18.3 Å². The highest BCUT2D eigenvalue weighted by molar-refractivity contribution is 5.59. The van der Waals surface area contributed by atoms with Gasteiger partial charge in [0.25, 0.3) is 0 Å². The van der Waals surface area contributed by atoms with E-state index in [1.54, 1.807) is 24.3 Å². The van der Waals surface area contributed by atoms with Gasteiger partial charge in [-0.15, -0.1) is 5.10 Å². The summed E-state index contributed by atoms with van der Waals surface area (Å²) in [4.78, 5) is 4.22. The number of rotatable bonds is 6. The van der Waals surface area contributed by atoms with E-state index in [0.29, 0.717) is 5.69 Å². The van der Waals surface area contributed by atoms with E-state index < -0.39 is 11.7 Å². The lowest BCUT2D eigenvalue weighted by molar-refractivity contribution is -0.137. The zero-order chi connectivity index (χ0) is 20.1. The highest BCUT2D eigenvalue weighted by atomic mass is 19.4. The molecule has 1 heterocycles. The van der Waals surface area contributed by atoms with Crippen molar-refractivity contribution < 1.29 is 17.9 Å². The van der Waals surface area contributed by atoms with Gasteiger partial charge in [0.1, 0.15) is 5.75 Å². The largest absolute Gasteiger partial charge is 0.491 e. The van der Waals surface area contributed by atoms with Crippen LogP contribution in [0.2, 0.25) is 0 Å². The Morgan fingerprint density at radius 1 is 0.964 bits per heavy atom. The molecular formula is C19H18F3N5O. The van der Waals surface area contributed by atoms with Gasteiger partial charge in [0.15, 0.2) is 5.82 Å². The lowest BCUT2D eigenvalue weighted by atomic mass is 10.2. The first-order chi connectivity index (χ1) is 13.3. The summed E-state index contributed by atoms with van der Waals surface area (Å²) >= 11 is 0. The van der Waals surface area contributed by atoms with Crippen molar-refractivity contribution in [1.82, 2.24) is 15.2 Å². The molecule has 0 atom stereocenters. The van der Waals surface area contributed by atoms with Gasteiger partial charge in [0, 0.05) is 11.4 Å². The lowest BCUT2D eigenvalue weighted by Crippen LogP contribution is -2.06. The van der Waals surface area contributed by atoms with Crippen molar-refractivity contribution in [3.63, 3.8) is 0 Å². The fourth-order valence-electron chi connectivity index (χ4n) is 2.36.